The van der Waals surface area contributed by atoms with Crippen LogP contribution in [0.2, 0.25) is 0 Å². The summed E-state index contributed by atoms with van der Waals surface area (Å²) in [5.74, 6) is 0.393. The molecule has 0 spiro atoms. The van der Waals surface area contributed by atoms with E-state index in [1.165, 1.54) is 20.0 Å². The highest BCUT2D eigenvalue weighted by Gasteiger charge is 2.52. The summed E-state index contributed by atoms with van der Waals surface area (Å²) in [5.41, 5.74) is -0.451. The van der Waals surface area contributed by atoms with Gasteiger partial charge in [0.2, 0.25) is 0 Å². The summed E-state index contributed by atoms with van der Waals surface area (Å²) in [4.78, 5) is 14.6. The van der Waals surface area contributed by atoms with Crippen LogP contribution in [0.1, 0.15) is 32.6 Å². The minimum absolute atomic E-state index is 0.0752. The zero-order valence-corrected chi connectivity index (χ0v) is 11.0. The molecule has 1 heterocycles. The van der Waals surface area contributed by atoms with Crippen LogP contribution in [0.4, 0.5) is 0 Å². The van der Waals surface area contributed by atoms with Gasteiger partial charge in [0.15, 0.2) is 0 Å². The molecule has 1 aliphatic carbocycles. The van der Waals surface area contributed by atoms with Crippen molar-refractivity contribution in [2.45, 2.75) is 38.1 Å². The van der Waals surface area contributed by atoms with Gasteiger partial charge in [-0.1, -0.05) is 6.92 Å². The zero-order valence-electron chi connectivity index (χ0n) is 11.0. The standard InChI is InChI=1S/C13H24N2O2/c1-3-14-13(11-6-7-11,12(16)17-2)10-15-8-4-5-9-15/h11,14H,3-10H2,1-2H3. The fourth-order valence-corrected chi connectivity index (χ4v) is 3.00. The lowest BCUT2D eigenvalue weighted by atomic mass is 9.92. The molecular formula is C13H24N2O2. The minimum atomic E-state index is -0.451. The molecule has 0 amide bonds. The van der Waals surface area contributed by atoms with Gasteiger partial charge in [0.1, 0.15) is 5.54 Å². The number of carbonyl (C=O) groups excluding carboxylic acids is 1. The third kappa shape index (κ3) is 2.63. The van der Waals surface area contributed by atoms with Gasteiger partial charge >= 0.3 is 5.97 Å². The maximum atomic E-state index is 12.2. The van der Waals surface area contributed by atoms with Crippen molar-refractivity contribution < 1.29 is 9.53 Å². The second-order valence-corrected chi connectivity index (χ2v) is 5.25. The zero-order chi connectivity index (χ0) is 12.3. The highest BCUT2D eigenvalue weighted by atomic mass is 16.5. The number of esters is 1. The average molecular weight is 240 g/mol. The van der Waals surface area contributed by atoms with Crippen molar-refractivity contribution in [3.05, 3.63) is 0 Å². The van der Waals surface area contributed by atoms with Crippen LogP contribution in [-0.2, 0) is 9.53 Å². The second-order valence-electron chi connectivity index (χ2n) is 5.25. The van der Waals surface area contributed by atoms with Crippen LogP contribution in [0, 0.1) is 5.92 Å². The van der Waals surface area contributed by atoms with Crippen molar-refractivity contribution in [2.24, 2.45) is 5.92 Å². The predicted octanol–water partition coefficient (Wildman–Crippen LogP) is 1.01. The van der Waals surface area contributed by atoms with E-state index < -0.39 is 5.54 Å². The van der Waals surface area contributed by atoms with E-state index in [1.54, 1.807) is 0 Å². The molecule has 1 atom stereocenters. The van der Waals surface area contributed by atoms with Gasteiger partial charge in [-0.25, -0.2) is 4.79 Å². The molecule has 4 nitrogen and oxygen atoms in total. The molecule has 0 radical (unpaired) electrons. The highest BCUT2D eigenvalue weighted by molar-refractivity contribution is 5.82. The minimum Gasteiger partial charge on any atom is -0.468 e. The van der Waals surface area contributed by atoms with Crippen LogP contribution in [0.25, 0.3) is 0 Å². The number of hydrogen-bond donors (Lipinski definition) is 1. The van der Waals surface area contributed by atoms with Crippen LogP contribution in [0.5, 0.6) is 0 Å². The molecule has 0 aromatic heterocycles. The lowest BCUT2D eigenvalue weighted by Crippen LogP contribution is -2.60. The van der Waals surface area contributed by atoms with E-state index >= 15 is 0 Å². The SMILES string of the molecule is CCNC(CN1CCCC1)(C(=O)OC)C1CC1. The first kappa shape index (κ1) is 12.8. The Labute approximate surface area is 104 Å². The van der Waals surface area contributed by atoms with Crippen LogP contribution >= 0.6 is 0 Å². The number of nitrogens with zero attached hydrogens (tertiary/aromatic N) is 1. The van der Waals surface area contributed by atoms with E-state index in [1.807, 2.05) is 0 Å². The van der Waals surface area contributed by atoms with Gasteiger partial charge < -0.3 is 15.0 Å². The number of likely N-dealkylation sites (tertiary alicyclic amines) is 1. The molecule has 98 valence electrons. The molecule has 1 saturated carbocycles. The number of likely N-dealkylation sites (N-methyl/N-ethyl adjacent to an activating group) is 1. The Balaban J connectivity index is 2.10. The van der Waals surface area contributed by atoms with Gasteiger partial charge in [0, 0.05) is 6.54 Å². The molecule has 2 fully saturated rings. The fraction of sp³-hybridized carbons (Fsp3) is 0.923. The third-order valence-corrected chi connectivity index (χ3v) is 3.99. The van der Waals surface area contributed by atoms with Crippen molar-refractivity contribution in [2.75, 3.05) is 33.3 Å². The normalized spacial score (nSPS) is 24.6. The number of nitrogens with one attached hydrogen (secondary N) is 1. The highest BCUT2D eigenvalue weighted by Crippen LogP contribution is 2.41. The molecule has 1 N–H and O–H groups in total. The Bertz CT molecular complexity index is 273. The molecule has 2 aliphatic rings. The summed E-state index contributed by atoms with van der Waals surface area (Å²) in [7, 11) is 1.50. The molecule has 2 rings (SSSR count). The van der Waals surface area contributed by atoms with E-state index in [0.717, 1.165) is 39.0 Å². The second kappa shape index (κ2) is 5.36. The van der Waals surface area contributed by atoms with Crippen molar-refractivity contribution in [3.8, 4) is 0 Å². The molecule has 1 saturated heterocycles. The summed E-state index contributed by atoms with van der Waals surface area (Å²) in [6.45, 7) is 5.94. The summed E-state index contributed by atoms with van der Waals surface area (Å²) in [6.07, 6.45) is 4.81. The molecule has 0 bridgehead atoms. The van der Waals surface area contributed by atoms with Gasteiger partial charge in [-0.3, -0.25) is 0 Å². The smallest absolute Gasteiger partial charge is 0.327 e. The quantitative estimate of drug-likeness (QED) is 0.704. The van der Waals surface area contributed by atoms with Crippen LogP contribution in [-0.4, -0.2) is 49.7 Å². The number of methoxy groups -OCH3 is 1. The molecular weight excluding hydrogens is 216 g/mol. The predicted molar refractivity (Wildman–Crippen MR) is 66.8 cm³/mol. The van der Waals surface area contributed by atoms with Gasteiger partial charge in [-0.15, -0.1) is 0 Å². The number of hydrogen-bond acceptors (Lipinski definition) is 4. The Morgan fingerprint density at radius 1 is 1.41 bits per heavy atom. The monoisotopic (exact) mass is 240 g/mol. The van der Waals surface area contributed by atoms with Crippen LogP contribution in [0.3, 0.4) is 0 Å². The summed E-state index contributed by atoms with van der Waals surface area (Å²) < 4.78 is 5.05. The Morgan fingerprint density at radius 3 is 2.53 bits per heavy atom. The topological polar surface area (TPSA) is 41.6 Å². The molecule has 17 heavy (non-hydrogen) atoms. The fourth-order valence-electron chi connectivity index (χ4n) is 3.00. The van der Waals surface area contributed by atoms with E-state index in [2.05, 4.69) is 17.1 Å². The third-order valence-electron chi connectivity index (χ3n) is 3.99. The summed E-state index contributed by atoms with van der Waals surface area (Å²) in [5, 5.41) is 3.42. The van der Waals surface area contributed by atoms with Gasteiger partial charge in [0.05, 0.1) is 7.11 Å². The van der Waals surface area contributed by atoms with Gasteiger partial charge in [-0.05, 0) is 51.2 Å². The van der Waals surface area contributed by atoms with E-state index in [0.29, 0.717) is 5.92 Å². The largest absolute Gasteiger partial charge is 0.468 e. The van der Waals surface area contributed by atoms with Crippen LogP contribution < -0.4 is 5.32 Å². The lowest BCUT2D eigenvalue weighted by Gasteiger charge is -2.35. The van der Waals surface area contributed by atoms with E-state index in [4.69, 9.17) is 4.74 Å². The maximum Gasteiger partial charge on any atom is 0.327 e. The van der Waals surface area contributed by atoms with E-state index in [-0.39, 0.29) is 5.97 Å². The molecule has 1 unspecified atom stereocenters. The first-order valence-corrected chi connectivity index (χ1v) is 6.78. The molecule has 0 aromatic carbocycles. The average Bonchev–Trinajstić information content (AvgIpc) is 3.07. The Hall–Kier alpha value is -0.610. The van der Waals surface area contributed by atoms with Crippen LogP contribution in [0.15, 0.2) is 0 Å². The number of rotatable bonds is 6. The van der Waals surface area contributed by atoms with E-state index in [9.17, 15) is 4.79 Å². The number of carbonyl (C=O) groups is 1. The molecule has 0 aromatic rings. The van der Waals surface area contributed by atoms with Crippen molar-refractivity contribution >= 4 is 5.97 Å². The Kier molecular flexibility index (Phi) is 4.05. The van der Waals surface area contributed by atoms with Gasteiger partial charge in [0.25, 0.3) is 0 Å². The van der Waals surface area contributed by atoms with Crippen molar-refractivity contribution in [1.82, 2.24) is 10.2 Å². The summed E-state index contributed by atoms with van der Waals surface area (Å²) in [6, 6.07) is 0. The Morgan fingerprint density at radius 2 is 2.06 bits per heavy atom. The first-order chi connectivity index (χ1) is 8.23. The molecule has 1 aliphatic heterocycles. The van der Waals surface area contributed by atoms with Crippen molar-refractivity contribution in [1.29, 1.82) is 0 Å². The number of ether oxygens (including phenoxy) is 1. The lowest BCUT2D eigenvalue weighted by molar-refractivity contribution is -0.150. The van der Waals surface area contributed by atoms with Gasteiger partial charge in [-0.2, -0.15) is 0 Å². The first-order valence-electron chi connectivity index (χ1n) is 6.78. The summed E-state index contributed by atoms with van der Waals surface area (Å²) >= 11 is 0. The van der Waals surface area contributed by atoms with Crippen molar-refractivity contribution in [3.63, 3.8) is 0 Å². The molecule has 4 heteroatoms. The maximum absolute atomic E-state index is 12.2.